The van der Waals surface area contributed by atoms with Crippen molar-refractivity contribution in [3.8, 4) is 11.5 Å². The lowest BCUT2D eigenvalue weighted by Gasteiger charge is -2.05. The van der Waals surface area contributed by atoms with Crippen LogP contribution in [0, 0.1) is 0 Å². The first-order chi connectivity index (χ1) is 7.38. The molecule has 15 heavy (non-hydrogen) atoms. The Morgan fingerprint density at radius 3 is 2.60 bits per heavy atom. The van der Waals surface area contributed by atoms with Gasteiger partial charge in [-0.3, -0.25) is 4.98 Å². The minimum atomic E-state index is 0.423. The fourth-order valence-electron chi connectivity index (χ4n) is 1.26. The van der Waals surface area contributed by atoms with Crippen LogP contribution >= 0.6 is 0 Å². The first-order valence-corrected chi connectivity index (χ1v) is 4.76. The molecule has 1 aromatic heterocycles. The third-order valence-corrected chi connectivity index (χ3v) is 1.98. The van der Waals surface area contributed by atoms with Crippen molar-refractivity contribution in [2.45, 2.75) is 6.54 Å². The van der Waals surface area contributed by atoms with Gasteiger partial charge in [-0.1, -0.05) is 18.2 Å². The molecule has 0 saturated heterocycles. The highest BCUT2D eigenvalue weighted by molar-refractivity contribution is 5.30. The molecule has 3 nitrogen and oxygen atoms in total. The lowest BCUT2D eigenvalue weighted by atomic mass is 10.3. The van der Waals surface area contributed by atoms with Gasteiger partial charge in [0.1, 0.15) is 11.5 Å². The van der Waals surface area contributed by atoms with Crippen LogP contribution in [0.1, 0.15) is 5.69 Å². The van der Waals surface area contributed by atoms with E-state index in [-0.39, 0.29) is 0 Å². The molecule has 0 fully saturated rings. The maximum Gasteiger partial charge on any atom is 0.130 e. The summed E-state index contributed by atoms with van der Waals surface area (Å²) in [5, 5.41) is 0. The quantitative estimate of drug-likeness (QED) is 0.827. The fraction of sp³-hybridized carbons (Fsp3) is 0.0833. The normalized spacial score (nSPS) is 9.93. The number of benzene rings is 1. The highest BCUT2D eigenvalue weighted by atomic mass is 16.5. The zero-order chi connectivity index (χ0) is 10.5. The predicted molar refractivity (Wildman–Crippen MR) is 58.6 cm³/mol. The Bertz CT molecular complexity index is 429. The number of para-hydroxylation sites is 1. The second-order valence-corrected chi connectivity index (χ2v) is 3.10. The summed E-state index contributed by atoms with van der Waals surface area (Å²) in [7, 11) is 0. The molecule has 1 aromatic carbocycles. The van der Waals surface area contributed by atoms with Crippen molar-refractivity contribution in [2.75, 3.05) is 0 Å². The van der Waals surface area contributed by atoms with Gasteiger partial charge >= 0.3 is 0 Å². The van der Waals surface area contributed by atoms with Gasteiger partial charge in [0.25, 0.3) is 0 Å². The molecular formula is C12H12N2O. The second-order valence-electron chi connectivity index (χ2n) is 3.10. The first kappa shape index (κ1) is 9.68. The molecule has 2 rings (SSSR count). The van der Waals surface area contributed by atoms with Crippen LogP contribution in [0.2, 0.25) is 0 Å². The number of hydrogen-bond acceptors (Lipinski definition) is 3. The van der Waals surface area contributed by atoms with E-state index in [4.69, 9.17) is 10.5 Å². The van der Waals surface area contributed by atoms with E-state index in [1.807, 2.05) is 42.5 Å². The standard InChI is InChI=1S/C12H12N2O/c13-9-10-8-12(6-7-14-10)15-11-4-2-1-3-5-11/h1-8H,9,13H2. The van der Waals surface area contributed by atoms with Gasteiger partial charge in [0.05, 0.1) is 5.69 Å². The number of ether oxygens (including phenoxy) is 1. The Labute approximate surface area is 88.5 Å². The molecule has 0 aliphatic rings. The largest absolute Gasteiger partial charge is 0.457 e. The number of rotatable bonds is 3. The van der Waals surface area contributed by atoms with Gasteiger partial charge in [0.15, 0.2) is 0 Å². The van der Waals surface area contributed by atoms with E-state index < -0.39 is 0 Å². The average Bonchev–Trinajstić information content (AvgIpc) is 2.31. The number of hydrogen-bond donors (Lipinski definition) is 1. The SMILES string of the molecule is NCc1cc(Oc2ccccc2)ccn1. The molecule has 0 spiro atoms. The van der Waals surface area contributed by atoms with Crippen LogP contribution in [0.15, 0.2) is 48.7 Å². The molecule has 76 valence electrons. The predicted octanol–water partition coefficient (Wildman–Crippen LogP) is 2.33. The molecule has 2 N–H and O–H groups in total. The average molecular weight is 200 g/mol. The maximum atomic E-state index is 5.63. The van der Waals surface area contributed by atoms with Crippen molar-refractivity contribution in [3.05, 3.63) is 54.4 Å². The Hall–Kier alpha value is -1.87. The van der Waals surface area contributed by atoms with Crippen LogP contribution < -0.4 is 10.5 Å². The monoisotopic (exact) mass is 200 g/mol. The number of nitrogens with two attached hydrogens (primary N) is 1. The Morgan fingerprint density at radius 2 is 1.87 bits per heavy atom. The molecule has 0 saturated carbocycles. The molecular weight excluding hydrogens is 188 g/mol. The minimum absolute atomic E-state index is 0.423. The summed E-state index contributed by atoms with van der Waals surface area (Å²) >= 11 is 0. The molecule has 3 heteroatoms. The van der Waals surface area contributed by atoms with Gasteiger partial charge in [0.2, 0.25) is 0 Å². The van der Waals surface area contributed by atoms with Gasteiger partial charge in [-0.05, 0) is 18.2 Å². The molecule has 1 heterocycles. The fourth-order valence-corrected chi connectivity index (χ4v) is 1.26. The van der Waals surface area contributed by atoms with E-state index >= 15 is 0 Å². The highest BCUT2D eigenvalue weighted by Crippen LogP contribution is 2.20. The van der Waals surface area contributed by atoms with Crippen LogP contribution in [-0.4, -0.2) is 4.98 Å². The third-order valence-electron chi connectivity index (χ3n) is 1.98. The van der Waals surface area contributed by atoms with E-state index in [9.17, 15) is 0 Å². The number of aromatic nitrogens is 1. The van der Waals surface area contributed by atoms with E-state index in [2.05, 4.69) is 4.98 Å². The number of nitrogens with zero attached hydrogens (tertiary/aromatic N) is 1. The lowest BCUT2D eigenvalue weighted by Crippen LogP contribution is -1.99. The zero-order valence-corrected chi connectivity index (χ0v) is 8.26. The highest BCUT2D eigenvalue weighted by Gasteiger charge is 1.97. The van der Waals surface area contributed by atoms with E-state index in [1.54, 1.807) is 6.20 Å². The van der Waals surface area contributed by atoms with Gasteiger partial charge in [-0.25, -0.2) is 0 Å². The molecule has 0 radical (unpaired) electrons. The van der Waals surface area contributed by atoms with E-state index in [0.717, 1.165) is 17.2 Å². The minimum Gasteiger partial charge on any atom is -0.457 e. The summed E-state index contributed by atoms with van der Waals surface area (Å²) in [6.07, 6.45) is 1.69. The van der Waals surface area contributed by atoms with Crippen molar-refractivity contribution in [1.29, 1.82) is 0 Å². The van der Waals surface area contributed by atoms with Crippen molar-refractivity contribution in [3.63, 3.8) is 0 Å². The summed E-state index contributed by atoms with van der Waals surface area (Å²) in [4.78, 5) is 4.09. The molecule has 0 unspecified atom stereocenters. The van der Waals surface area contributed by atoms with Gasteiger partial charge in [0, 0.05) is 18.8 Å². The van der Waals surface area contributed by atoms with Gasteiger partial charge in [-0.15, -0.1) is 0 Å². The lowest BCUT2D eigenvalue weighted by molar-refractivity contribution is 0.481. The van der Waals surface area contributed by atoms with Crippen molar-refractivity contribution < 1.29 is 4.74 Å². The van der Waals surface area contributed by atoms with E-state index in [0.29, 0.717) is 6.54 Å². The maximum absolute atomic E-state index is 5.63. The second kappa shape index (κ2) is 4.57. The Morgan fingerprint density at radius 1 is 1.07 bits per heavy atom. The van der Waals surface area contributed by atoms with Crippen molar-refractivity contribution >= 4 is 0 Å². The summed E-state index contributed by atoms with van der Waals surface area (Å²) in [5.74, 6) is 1.57. The molecule has 0 aliphatic heterocycles. The third kappa shape index (κ3) is 2.54. The summed E-state index contributed by atoms with van der Waals surface area (Å²) in [5.41, 5.74) is 6.32. The molecule has 0 bridgehead atoms. The van der Waals surface area contributed by atoms with Crippen LogP contribution in [0.25, 0.3) is 0 Å². The van der Waals surface area contributed by atoms with Crippen molar-refractivity contribution in [2.24, 2.45) is 5.73 Å². The smallest absolute Gasteiger partial charge is 0.130 e. The van der Waals surface area contributed by atoms with Crippen LogP contribution in [0.4, 0.5) is 0 Å². The molecule has 0 aliphatic carbocycles. The van der Waals surface area contributed by atoms with E-state index in [1.165, 1.54) is 0 Å². The molecule has 0 atom stereocenters. The summed E-state index contributed by atoms with van der Waals surface area (Å²) in [6.45, 7) is 0.423. The summed E-state index contributed by atoms with van der Waals surface area (Å²) in [6, 6.07) is 13.3. The zero-order valence-electron chi connectivity index (χ0n) is 8.26. The van der Waals surface area contributed by atoms with Gasteiger partial charge in [-0.2, -0.15) is 0 Å². The van der Waals surface area contributed by atoms with Crippen LogP contribution in [0.3, 0.4) is 0 Å². The van der Waals surface area contributed by atoms with Gasteiger partial charge < -0.3 is 10.5 Å². The van der Waals surface area contributed by atoms with Crippen LogP contribution in [-0.2, 0) is 6.54 Å². The Kier molecular flexibility index (Phi) is 2.95. The first-order valence-electron chi connectivity index (χ1n) is 4.76. The summed E-state index contributed by atoms with van der Waals surface area (Å²) < 4.78 is 5.63. The number of pyridine rings is 1. The van der Waals surface area contributed by atoms with Crippen LogP contribution in [0.5, 0.6) is 11.5 Å². The Balaban J connectivity index is 2.17. The molecule has 2 aromatic rings. The molecule has 0 amide bonds. The van der Waals surface area contributed by atoms with Crippen molar-refractivity contribution in [1.82, 2.24) is 4.98 Å². The topological polar surface area (TPSA) is 48.1 Å².